The zero-order valence-corrected chi connectivity index (χ0v) is 15.0. The molecule has 3 N–H and O–H groups in total. The molecule has 0 atom stereocenters. The highest BCUT2D eigenvalue weighted by molar-refractivity contribution is 7.92. The van der Waals surface area contributed by atoms with Gasteiger partial charge >= 0.3 is 5.97 Å². The van der Waals surface area contributed by atoms with Crippen LogP contribution in [-0.2, 0) is 14.8 Å². The Bertz CT molecular complexity index is 1000. The highest BCUT2D eigenvalue weighted by Gasteiger charge is 2.23. The standard InChI is InChI=1S/C17H16N2O7S/c1-10(20)18-11-2-4-12(5-3-11)27(23,24)19-14-9-16-15(25-6-7-26-16)8-13(14)17(21)22/h2-5,8-9,19H,6-7H2,1H3,(H,18,20)(H,21,22). The van der Waals surface area contributed by atoms with Crippen molar-refractivity contribution in [3.8, 4) is 11.5 Å². The number of hydrogen-bond donors (Lipinski definition) is 3. The smallest absolute Gasteiger partial charge is 0.337 e. The van der Waals surface area contributed by atoms with E-state index in [1.165, 1.54) is 43.3 Å². The number of rotatable bonds is 5. The van der Waals surface area contributed by atoms with Crippen molar-refractivity contribution in [2.75, 3.05) is 23.3 Å². The maximum Gasteiger partial charge on any atom is 0.337 e. The summed E-state index contributed by atoms with van der Waals surface area (Å²) < 4.78 is 38.2. The molecule has 142 valence electrons. The molecular formula is C17H16N2O7S. The van der Waals surface area contributed by atoms with E-state index in [9.17, 15) is 23.1 Å². The topological polar surface area (TPSA) is 131 Å². The fourth-order valence-corrected chi connectivity index (χ4v) is 3.55. The van der Waals surface area contributed by atoms with Crippen LogP contribution in [0.2, 0.25) is 0 Å². The van der Waals surface area contributed by atoms with Gasteiger partial charge in [0, 0.05) is 24.7 Å². The van der Waals surface area contributed by atoms with Crippen LogP contribution >= 0.6 is 0 Å². The second kappa shape index (κ2) is 7.16. The lowest BCUT2D eigenvalue weighted by Gasteiger charge is -2.20. The van der Waals surface area contributed by atoms with Crippen LogP contribution in [0.1, 0.15) is 17.3 Å². The van der Waals surface area contributed by atoms with Crippen LogP contribution in [0.4, 0.5) is 11.4 Å². The molecule has 10 heteroatoms. The van der Waals surface area contributed by atoms with Gasteiger partial charge in [0.15, 0.2) is 11.5 Å². The number of fused-ring (bicyclic) bond motifs is 1. The number of sulfonamides is 1. The highest BCUT2D eigenvalue weighted by atomic mass is 32.2. The van der Waals surface area contributed by atoms with Crippen LogP contribution in [-0.4, -0.2) is 38.6 Å². The highest BCUT2D eigenvalue weighted by Crippen LogP contribution is 2.36. The first-order valence-electron chi connectivity index (χ1n) is 7.84. The van der Waals surface area contributed by atoms with Crippen molar-refractivity contribution in [1.29, 1.82) is 0 Å². The average Bonchev–Trinajstić information content (AvgIpc) is 2.60. The summed E-state index contributed by atoms with van der Waals surface area (Å²) in [6.45, 7) is 1.88. The second-order valence-corrected chi connectivity index (χ2v) is 7.34. The molecule has 0 bridgehead atoms. The van der Waals surface area contributed by atoms with Gasteiger partial charge in [0.05, 0.1) is 16.1 Å². The number of carbonyl (C=O) groups excluding carboxylic acids is 1. The zero-order valence-electron chi connectivity index (χ0n) is 14.2. The van der Waals surface area contributed by atoms with Crippen molar-refractivity contribution in [1.82, 2.24) is 0 Å². The predicted molar refractivity (Wildman–Crippen MR) is 95.9 cm³/mol. The first kappa shape index (κ1) is 18.5. The number of aromatic carboxylic acids is 1. The molecule has 0 unspecified atom stereocenters. The molecule has 9 nitrogen and oxygen atoms in total. The van der Waals surface area contributed by atoms with Crippen LogP contribution in [0.5, 0.6) is 11.5 Å². The molecule has 3 rings (SSSR count). The van der Waals surface area contributed by atoms with Gasteiger partial charge in [-0.3, -0.25) is 9.52 Å². The van der Waals surface area contributed by atoms with Crippen LogP contribution in [0.3, 0.4) is 0 Å². The summed E-state index contributed by atoms with van der Waals surface area (Å²) in [6.07, 6.45) is 0. The average molecular weight is 392 g/mol. The molecule has 2 aromatic rings. The Kier molecular flexibility index (Phi) is 4.91. The summed E-state index contributed by atoms with van der Waals surface area (Å²) in [5, 5.41) is 11.9. The maximum absolute atomic E-state index is 12.6. The zero-order chi connectivity index (χ0) is 19.6. The summed E-state index contributed by atoms with van der Waals surface area (Å²) in [5.41, 5.74) is 0.0300. The van der Waals surface area contributed by atoms with Crippen molar-refractivity contribution in [3.05, 3.63) is 42.0 Å². The van der Waals surface area contributed by atoms with E-state index in [0.717, 1.165) is 0 Å². The van der Waals surface area contributed by atoms with E-state index >= 15 is 0 Å². The Morgan fingerprint density at radius 2 is 1.63 bits per heavy atom. The lowest BCUT2D eigenvalue weighted by Crippen LogP contribution is -2.19. The largest absolute Gasteiger partial charge is 0.486 e. The van der Waals surface area contributed by atoms with Gasteiger partial charge in [0.25, 0.3) is 10.0 Å². The number of ether oxygens (including phenoxy) is 2. The van der Waals surface area contributed by atoms with Crippen LogP contribution < -0.4 is 19.5 Å². The molecule has 0 saturated heterocycles. The van der Waals surface area contributed by atoms with E-state index in [1.807, 2.05) is 0 Å². The molecule has 0 fully saturated rings. The summed E-state index contributed by atoms with van der Waals surface area (Å²) in [5.74, 6) is -1.11. The number of nitrogens with one attached hydrogen (secondary N) is 2. The Labute approximate surface area is 155 Å². The minimum Gasteiger partial charge on any atom is -0.486 e. The molecule has 0 radical (unpaired) electrons. The summed E-state index contributed by atoms with van der Waals surface area (Å²) >= 11 is 0. The molecule has 1 amide bonds. The fraction of sp³-hybridized carbons (Fsp3) is 0.176. The van der Waals surface area contributed by atoms with Gasteiger partial charge in [-0.1, -0.05) is 0 Å². The lowest BCUT2D eigenvalue weighted by molar-refractivity contribution is -0.114. The Balaban J connectivity index is 1.93. The molecule has 1 aliphatic rings. The fourth-order valence-electron chi connectivity index (χ4n) is 2.47. The van der Waals surface area contributed by atoms with Crippen LogP contribution in [0, 0.1) is 0 Å². The van der Waals surface area contributed by atoms with E-state index in [0.29, 0.717) is 5.69 Å². The molecule has 0 spiro atoms. The van der Waals surface area contributed by atoms with Gasteiger partial charge in [0.2, 0.25) is 5.91 Å². The molecule has 0 saturated carbocycles. The summed E-state index contributed by atoms with van der Waals surface area (Å²) in [6, 6.07) is 7.95. The first-order valence-corrected chi connectivity index (χ1v) is 9.32. The van der Waals surface area contributed by atoms with E-state index in [4.69, 9.17) is 9.47 Å². The number of anilines is 2. The second-order valence-electron chi connectivity index (χ2n) is 5.66. The quantitative estimate of drug-likeness (QED) is 0.708. The normalized spacial score (nSPS) is 12.9. The SMILES string of the molecule is CC(=O)Nc1ccc(S(=O)(=O)Nc2cc3c(cc2C(=O)O)OCCO3)cc1. The van der Waals surface area contributed by atoms with Crippen LogP contribution in [0.25, 0.3) is 0 Å². The number of carboxylic acid groups (broad SMARTS) is 1. The molecule has 1 heterocycles. The van der Waals surface area contributed by atoms with Gasteiger partial charge in [-0.15, -0.1) is 0 Å². The predicted octanol–water partition coefficient (Wildman–Crippen LogP) is 1.92. The minimum absolute atomic E-state index is 0.0946. The van der Waals surface area contributed by atoms with Crippen molar-refractivity contribution in [2.45, 2.75) is 11.8 Å². The van der Waals surface area contributed by atoms with E-state index in [1.54, 1.807) is 0 Å². The Morgan fingerprint density at radius 1 is 1.04 bits per heavy atom. The molecule has 0 aromatic heterocycles. The molecule has 2 aromatic carbocycles. The maximum atomic E-state index is 12.6. The third-order valence-corrected chi connectivity index (χ3v) is 5.02. The molecular weight excluding hydrogens is 376 g/mol. The van der Waals surface area contributed by atoms with Gasteiger partial charge < -0.3 is 19.9 Å². The van der Waals surface area contributed by atoms with Crippen molar-refractivity contribution < 1.29 is 32.6 Å². The van der Waals surface area contributed by atoms with Crippen molar-refractivity contribution in [3.63, 3.8) is 0 Å². The third kappa shape index (κ3) is 4.11. The van der Waals surface area contributed by atoms with E-state index < -0.39 is 16.0 Å². The van der Waals surface area contributed by atoms with Gasteiger partial charge in [-0.2, -0.15) is 0 Å². The summed E-state index contributed by atoms with van der Waals surface area (Å²) in [4.78, 5) is 22.4. The van der Waals surface area contributed by atoms with E-state index in [2.05, 4.69) is 10.0 Å². The van der Waals surface area contributed by atoms with Crippen molar-refractivity contribution >= 4 is 33.3 Å². The Morgan fingerprint density at radius 3 is 2.19 bits per heavy atom. The van der Waals surface area contributed by atoms with Crippen LogP contribution in [0.15, 0.2) is 41.3 Å². The minimum atomic E-state index is -4.06. The molecule has 0 aliphatic carbocycles. The van der Waals surface area contributed by atoms with E-state index in [-0.39, 0.29) is 46.8 Å². The lowest BCUT2D eigenvalue weighted by atomic mass is 10.1. The number of amides is 1. The molecule has 27 heavy (non-hydrogen) atoms. The number of carboxylic acids is 1. The first-order chi connectivity index (χ1) is 12.8. The number of carbonyl (C=O) groups is 2. The van der Waals surface area contributed by atoms with Gasteiger partial charge in [-0.05, 0) is 24.3 Å². The molecule has 1 aliphatic heterocycles. The Hall–Kier alpha value is -3.27. The number of benzene rings is 2. The third-order valence-electron chi connectivity index (χ3n) is 3.64. The van der Waals surface area contributed by atoms with Crippen molar-refractivity contribution in [2.24, 2.45) is 0 Å². The summed E-state index contributed by atoms with van der Waals surface area (Å²) in [7, 11) is -4.06. The number of hydrogen-bond acceptors (Lipinski definition) is 6. The van der Waals surface area contributed by atoms with Gasteiger partial charge in [-0.25, -0.2) is 13.2 Å². The van der Waals surface area contributed by atoms with Gasteiger partial charge in [0.1, 0.15) is 13.2 Å². The monoisotopic (exact) mass is 392 g/mol.